The lowest BCUT2D eigenvalue weighted by molar-refractivity contribution is -0.137. The molecule has 0 aliphatic rings. The summed E-state index contributed by atoms with van der Waals surface area (Å²) >= 11 is 0. The van der Waals surface area contributed by atoms with Crippen LogP contribution >= 0.6 is 0 Å². The van der Waals surface area contributed by atoms with Crippen molar-refractivity contribution in [2.24, 2.45) is 5.73 Å². The second kappa shape index (κ2) is 5.37. The van der Waals surface area contributed by atoms with Crippen molar-refractivity contribution in [3.63, 3.8) is 0 Å². The zero-order chi connectivity index (χ0) is 12.1. The Kier molecular flexibility index (Phi) is 4.13. The lowest BCUT2D eigenvalue weighted by Gasteiger charge is -2.14. The molecule has 0 saturated heterocycles. The van der Waals surface area contributed by atoms with Gasteiger partial charge in [-0.3, -0.25) is 4.79 Å². The first-order valence-electron chi connectivity index (χ1n) is 4.77. The number of ether oxygens (including phenoxy) is 2. The van der Waals surface area contributed by atoms with Crippen LogP contribution in [0.25, 0.3) is 0 Å². The summed E-state index contributed by atoms with van der Waals surface area (Å²) in [5, 5.41) is 8.66. The molecule has 1 aromatic carbocycles. The Balaban J connectivity index is 2.98. The fourth-order valence-corrected chi connectivity index (χ4v) is 1.42. The summed E-state index contributed by atoms with van der Waals surface area (Å²) < 4.78 is 10.2. The Bertz CT molecular complexity index is 378. The predicted octanol–water partition coefficient (Wildman–Crippen LogP) is 1.18. The van der Waals surface area contributed by atoms with Crippen LogP contribution < -0.4 is 15.2 Å². The molecule has 0 aromatic heterocycles. The molecule has 0 bridgehead atoms. The third kappa shape index (κ3) is 2.87. The molecule has 0 saturated carbocycles. The molecule has 16 heavy (non-hydrogen) atoms. The molecule has 0 heterocycles. The summed E-state index contributed by atoms with van der Waals surface area (Å²) in [4.78, 5) is 10.6. The summed E-state index contributed by atoms with van der Waals surface area (Å²) in [5.41, 5.74) is 6.42. The summed E-state index contributed by atoms with van der Waals surface area (Å²) in [6.45, 7) is 0. The molecular formula is C11H15NO4. The molecule has 1 aromatic rings. The van der Waals surface area contributed by atoms with Crippen molar-refractivity contribution in [3.8, 4) is 11.5 Å². The normalized spacial score (nSPS) is 11.9. The Labute approximate surface area is 93.8 Å². The number of nitrogens with two attached hydrogens (primary N) is 1. The van der Waals surface area contributed by atoms with Crippen molar-refractivity contribution in [2.75, 3.05) is 14.2 Å². The second-order valence-electron chi connectivity index (χ2n) is 3.31. The summed E-state index contributed by atoms with van der Waals surface area (Å²) in [5.74, 6) is 0.238. The van der Waals surface area contributed by atoms with E-state index in [1.165, 1.54) is 7.11 Å². The Morgan fingerprint density at radius 2 is 2.12 bits per heavy atom. The van der Waals surface area contributed by atoms with Gasteiger partial charge in [0.15, 0.2) is 0 Å². The van der Waals surface area contributed by atoms with Crippen molar-refractivity contribution >= 4 is 5.97 Å². The van der Waals surface area contributed by atoms with Crippen molar-refractivity contribution in [1.29, 1.82) is 0 Å². The predicted molar refractivity (Wildman–Crippen MR) is 58.7 cm³/mol. The van der Waals surface area contributed by atoms with E-state index in [9.17, 15) is 4.79 Å². The third-order valence-corrected chi connectivity index (χ3v) is 2.23. The van der Waals surface area contributed by atoms with Gasteiger partial charge < -0.3 is 20.3 Å². The van der Waals surface area contributed by atoms with Gasteiger partial charge in [0.1, 0.15) is 11.5 Å². The molecule has 3 N–H and O–H groups in total. The first-order chi connectivity index (χ1) is 7.58. The van der Waals surface area contributed by atoms with Gasteiger partial charge in [-0.05, 0) is 6.07 Å². The highest BCUT2D eigenvalue weighted by molar-refractivity contribution is 5.68. The SMILES string of the molecule is COc1ccc(C(N)CC(=O)O)c(OC)c1. The molecule has 0 aliphatic carbocycles. The zero-order valence-corrected chi connectivity index (χ0v) is 9.27. The largest absolute Gasteiger partial charge is 0.497 e. The average molecular weight is 225 g/mol. The van der Waals surface area contributed by atoms with Crippen LogP contribution in [0.15, 0.2) is 18.2 Å². The van der Waals surface area contributed by atoms with Crippen LogP contribution in [0.3, 0.4) is 0 Å². The fourth-order valence-electron chi connectivity index (χ4n) is 1.42. The second-order valence-corrected chi connectivity index (χ2v) is 3.31. The van der Waals surface area contributed by atoms with Gasteiger partial charge in [0.2, 0.25) is 0 Å². The van der Waals surface area contributed by atoms with E-state index in [-0.39, 0.29) is 6.42 Å². The van der Waals surface area contributed by atoms with E-state index < -0.39 is 12.0 Å². The van der Waals surface area contributed by atoms with E-state index >= 15 is 0 Å². The maximum atomic E-state index is 10.6. The highest BCUT2D eigenvalue weighted by Crippen LogP contribution is 2.29. The standard InChI is InChI=1S/C11H15NO4/c1-15-7-3-4-8(10(5-7)16-2)9(12)6-11(13)14/h3-5,9H,6,12H2,1-2H3,(H,13,14). The number of rotatable bonds is 5. The van der Waals surface area contributed by atoms with E-state index in [2.05, 4.69) is 0 Å². The lowest BCUT2D eigenvalue weighted by Crippen LogP contribution is -2.15. The first-order valence-corrected chi connectivity index (χ1v) is 4.77. The topological polar surface area (TPSA) is 81.8 Å². The van der Waals surface area contributed by atoms with E-state index in [4.69, 9.17) is 20.3 Å². The minimum absolute atomic E-state index is 0.136. The number of aliphatic carboxylic acids is 1. The van der Waals surface area contributed by atoms with Crippen molar-refractivity contribution < 1.29 is 19.4 Å². The van der Waals surface area contributed by atoms with Gasteiger partial charge in [0.25, 0.3) is 0 Å². The number of carbonyl (C=O) groups is 1. The van der Waals surface area contributed by atoms with Crippen LogP contribution in [-0.2, 0) is 4.79 Å². The number of benzene rings is 1. The maximum Gasteiger partial charge on any atom is 0.305 e. The van der Waals surface area contributed by atoms with Crippen LogP contribution in [0, 0.1) is 0 Å². The van der Waals surface area contributed by atoms with Gasteiger partial charge in [0.05, 0.1) is 20.6 Å². The quantitative estimate of drug-likeness (QED) is 0.786. The van der Waals surface area contributed by atoms with Gasteiger partial charge in [0, 0.05) is 17.7 Å². The zero-order valence-electron chi connectivity index (χ0n) is 9.27. The molecule has 5 nitrogen and oxygen atoms in total. The van der Waals surface area contributed by atoms with Crippen LogP contribution in [-0.4, -0.2) is 25.3 Å². The molecule has 5 heteroatoms. The van der Waals surface area contributed by atoms with Gasteiger partial charge in [-0.15, -0.1) is 0 Å². The van der Waals surface area contributed by atoms with Crippen LogP contribution in [0.5, 0.6) is 11.5 Å². The molecule has 1 rings (SSSR count). The average Bonchev–Trinajstić information content (AvgIpc) is 2.27. The van der Waals surface area contributed by atoms with E-state index in [1.54, 1.807) is 25.3 Å². The summed E-state index contributed by atoms with van der Waals surface area (Å²) in [6.07, 6.45) is -0.136. The molecule has 88 valence electrons. The van der Waals surface area contributed by atoms with Gasteiger partial charge >= 0.3 is 5.97 Å². The van der Waals surface area contributed by atoms with Crippen molar-refractivity contribution in [2.45, 2.75) is 12.5 Å². The molecular weight excluding hydrogens is 210 g/mol. The highest BCUT2D eigenvalue weighted by atomic mass is 16.5. The van der Waals surface area contributed by atoms with E-state index in [1.807, 2.05) is 0 Å². The van der Waals surface area contributed by atoms with E-state index in [0.29, 0.717) is 17.1 Å². The third-order valence-electron chi connectivity index (χ3n) is 2.23. The molecule has 1 atom stereocenters. The van der Waals surface area contributed by atoms with Gasteiger partial charge in [-0.25, -0.2) is 0 Å². The molecule has 0 fully saturated rings. The van der Waals surface area contributed by atoms with Crippen LogP contribution in [0.2, 0.25) is 0 Å². The number of methoxy groups -OCH3 is 2. The Morgan fingerprint density at radius 1 is 1.44 bits per heavy atom. The van der Waals surface area contributed by atoms with Crippen LogP contribution in [0.4, 0.5) is 0 Å². The lowest BCUT2D eigenvalue weighted by atomic mass is 10.0. The summed E-state index contributed by atoms with van der Waals surface area (Å²) in [6, 6.07) is 4.53. The number of carboxylic acid groups (broad SMARTS) is 1. The number of hydrogen-bond donors (Lipinski definition) is 2. The van der Waals surface area contributed by atoms with Gasteiger partial charge in [-0.2, -0.15) is 0 Å². The molecule has 0 amide bonds. The molecule has 0 radical (unpaired) electrons. The van der Waals surface area contributed by atoms with Crippen molar-refractivity contribution in [3.05, 3.63) is 23.8 Å². The van der Waals surface area contributed by atoms with Crippen molar-refractivity contribution in [1.82, 2.24) is 0 Å². The number of carboxylic acids is 1. The Hall–Kier alpha value is -1.75. The number of hydrogen-bond acceptors (Lipinski definition) is 4. The van der Waals surface area contributed by atoms with Crippen LogP contribution in [0.1, 0.15) is 18.0 Å². The smallest absolute Gasteiger partial charge is 0.305 e. The summed E-state index contributed by atoms with van der Waals surface area (Å²) in [7, 11) is 3.05. The fraction of sp³-hybridized carbons (Fsp3) is 0.364. The van der Waals surface area contributed by atoms with Gasteiger partial charge in [-0.1, -0.05) is 6.07 Å². The highest BCUT2D eigenvalue weighted by Gasteiger charge is 2.15. The Morgan fingerprint density at radius 3 is 2.62 bits per heavy atom. The first kappa shape index (κ1) is 12.3. The molecule has 0 aliphatic heterocycles. The molecule has 1 unspecified atom stereocenters. The maximum absolute atomic E-state index is 10.6. The van der Waals surface area contributed by atoms with E-state index in [0.717, 1.165) is 0 Å². The minimum Gasteiger partial charge on any atom is -0.497 e. The monoisotopic (exact) mass is 225 g/mol. The molecule has 0 spiro atoms. The minimum atomic E-state index is -0.939.